The highest BCUT2D eigenvalue weighted by Gasteiger charge is 2.38. The van der Waals surface area contributed by atoms with Gasteiger partial charge in [0, 0.05) is 36.6 Å². The second-order valence-corrected chi connectivity index (χ2v) is 6.43. The molecule has 0 radical (unpaired) electrons. The minimum Gasteiger partial charge on any atom is -0.361 e. The molecule has 1 N–H and O–H groups in total. The number of hydrogen-bond donors (Lipinski definition) is 1. The summed E-state index contributed by atoms with van der Waals surface area (Å²) in [5.41, 5.74) is 3.02. The number of rotatable bonds is 4. The number of nitrogens with one attached hydrogen (secondary N) is 1. The summed E-state index contributed by atoms with van der Waals surface area (Å²) >= 11 is 5.97. The second-order valence-electron chi connectivity index (χ2n) is 6.00. The summed E-state index contributed by atoms with van der Waals surface area (Å²) in [6, 6.07) is 7.72. The third-order valence-corrected chi connectivity index (χ3v) is 4.77. The average Bonchev–Trinajstić information content (AvgIpc) is 2.99. The van der Waals surface area contributed by atoms with Crippen molar-refractivity contribution >= 4 is 17.5 Å². The molecule has 0 bridgehead atoms. The molecule has 6 heteroatoms. The summed E-state index contributed by atoms with van der Waals surface area (Å²) in [5.74, 6) is 0.955. The maximum absolute atomic E-state index is 12.2. The van der Waals surface area contributed by atoms with Crippen molar-refractivity contribution in [1.82, 2.24) is 15.4 Å². The summed E-state index contributed by atoms with van der Waals surface area (Å²) in [6.07, 6.45) is 0.479. The van der Waals surface area contributed by atoms with Crippen LogP contribution in [0, 0.1) is 13.8 Å². The first-order valence-electron chi connectivity index (χ1n) is 7.63. The zero-order chi connectivity index (χ0) is 16.6. The number of nitrogens with zero attached hydrogens (tertiary/aromatic N) is 2. The largest absolute Gasteiger partial charge is 0.361 e. The molecule has 1 aliphatic heterocycles. The van der Waals surface area contributed by atoms with Crippen molar-refractivity contribution in [1.29, 1.82) is 0 Å². The summed E-state index contributed by atoms with van der Waals surface area (Å²) in [5, 5.41) is 8.16. The Kier molecular flexibility index (Phi) is 4.41. The van der Waals surface area contributed by atoms with Crippen molar-refractivity contribution in [2.24, 2.45) is 0 Å². The number of hydrogen-bond acceptors (Lipinski definition) is 4. The molecule has 0 spiro atoms. The highest BCUT2D eigenvalue weighted by molar-refractivity contribution is 6.30. The van der Waals surface area contributed by atoms with Gasteiger partial charge in [0.1, 0.15) is 5.76 Å². The third-order valence-electron chi connectivity index (χ3n) is 4.52. The quantitative estimate of drug-likeness (QED) is 0.934. The first-order chi connectivity index (χ1) is 11.0. The van der Waals surface area contributed by atoms with E-state index >= 15 is 0 Å². The fourth-order valence-electron chi connectivity index (χ4n) is 3.16. The Morgan fingerprint density at radius 3 is 2.65 bits per heavy atom. The second kappa shape index (κ2) is 6.34. The highest BCUT2D eigenvalue weighted by atomic mass is 35.5. The van der Waals surface area contributed by atoms with E-state index in [2.05, 4.69) is 10.5 Å². The standard InChI is InChI=1S/C17H20ClN3O2/c1-10-14(11(2)23-20-10)9-19-15-8-16(22)21(3)17(15)12-4-6-13(18)7-5-12/h4-7,15,17,19H,8-9H2,1-3H3/t15-,17-/m1/s1. The van der Waals surface area contributed by atoms with E-state index in [0.29, 0.717) is 18.0 Å². The van der Waals surface area contributed by atoms with Crippen LogP contribution in [0.1, 0.15) is 35.0 Å². The van der Waals surface area contributed by atoms with E-state index in [0.717, 1.165) is 22.6 Å². The van der Waals surface area contributed by atoms with Gasteiger partial charge in [-0.1, -0.05) is 28.9 Å². The minimum atomic E-state index is 0.000221. The van der Waals surface area contributed by atoms with Gasteiger partial charge in [-0.15, -0.1) is 0 Å². The number of amides is 1. The number of likely N-dealkylation sites (N-methyl/N-ethyl adjacent to an activating group) is 1. The number of aromatic nitrogens is 1. The molecule has 2 heterocycles. The maximum Gasteiger partial charge on any atom is 0.224 e. The van der Waals surface area contributed by atoms with Crippen LogP contribution < -0.4 is 5.32 Å². The van der Waals surface area contributed by atoms with Gasteiger partial charge < -0.3 is 14.7 Å². The van der Waals surface area contributed by atoms with Crippen LogP contribution in [-0.2, 0) is 11.3 Å². The van der Waals surface area contributed by atoms with Gasteiger partial charge in [0.2, 0.25) is 5.91 Å². The Bertz CT molecular complexity index is 692. The molecule has 2 aromatic rings. The van der Waals surface area contributed by atoms with Gasteiger partial charge in [0.15, 0.2) is 0 Å². The number of benzene rings is 1. The monoisotopic (exact) mass is 333 g/mol. The normalized spacial score (nSPS) is 21.2. The average molecular weight is 334 g/mol. The lowest BCUT2D eigenvalue weighted by atomic mass is 10.00. The summed E-state index contributed by atoms with van der Waals surface area (Å²) < 4.78 is 5.20. The Morgan fingerprint density at radius 1 is 1.35 bits per heavy atom. The molecule has 23 heavy (non-hydrogen) atoms. The first-order valence-corrected chi connectivity index (χ1v) is 8.01. The van der Waals surface area contributed by atoms with Crippen LogP contribution >= 0.6 is 11.6 Å². The Balaban J connectivity index is 1.79. The van der Waals surface area contributed by atoms with Crippen LogP contribution in [0.4, 0.5) is 0 Å². The van der Waals surface area contributed by atoms with Crippen molar-refractivity contribution < 1.29 is 9.32 Å². The van der Waals surface area contributed by atoms with Crippen LogP contribution in [0.25, 0.3) is 0 Å². The molecule has 0 aliphatic carbocycles. The van der Waals surface area contributed by atoms with Crippen molar-refractivity contribution in [3.8, 4) is 0 Å². The molecule has 0 saturated carbocycles. The van der Waals surface area contributed by atoms with Crippen molar-refractivity contribution in [3.05, 3.63) is 51.9 Å². The van der Waals surface area contributed by atoms with E-state index < -0.39 is 0 Å². The molecule has 1 aromatic carbocycles. The SMILES string of the molecule is Cc1noc(C)c1CN[C@@H]1CC(=O)N(C)[C@@H]1c1ccc(Cl)cc1. The van der Waals surface area contributed by atoms with Gasteiger partial charge in [-0.25, -0.2) is 0 Å². The lowest BCUT2D eigenvalue weighted by Crippen LogP contribution is -2.35. The number of carbonyl (C=O) groups is 1. The van der Waals surface area contributed by atoms with E-state index in [-0.39, 0.29) is 18.0 Å². The van der Waals surface area contributed by atoms with Gasteiger partial charge in [-0.05, 0) is 31.5 Å². The topological polar surface area (TPSA) is 58.4 Å². The molecule has 3 rings (SSSR count). The van der Waals surface area contributed by atoms with Gasteiger partial charge in [-0.2, -0.15) is 0 Å². The fraction of sp³-hybridized carbons (Fsp3) is 0.412. The fourth-order valence-corrected chi connectivity index (χ4v) is 3.28. The summed E-state index contributed by atoms with van der Waals surface area (Å²) in [7, 11) is 1.85. The lowest BCUT2D eigenvalue weighted by Gasteiger charge is -2.26. The molecule has 1 saturated heterocycles. The van der Waals surface area contributed by atoms with Crippen LogP contribution in [0.5, 0.6) is 0 Å². The number of carbonyl (C=O) groups excluding carboxylic acids is 1. The summed E-state index contributed by atoms with van der Waals surface area (Å²) in [6.45, 7) is 4.47. The van der Waals surface area contributed by atoms with Gasteiger partial charge in [0.05, 0.1) is 11.7 Å². The molecule has 5 nitrogen and oxygen atoms in total. The number of halogens is 1. The van der Waals surface area contributed by atoms with Gasteiger partial charge in [0.25, 0.3) is 0 Å². The summed E-state index contributed by atoms with van der Waals surface area (Å²) in [4.78, 5) is 14.0. The van der Waals surface area contributed by atoms with Crippen molar-refractivity contribution in [2.45, 2.75) is 38.9 Å². The maximum atomic E-state index is 12.2. The Hall–Kier alpha value is -1.85. The Morgan fingerprint density at radius 2 is 2.04 bits per heavy atom. The molecule has 122 valence electrons. The molecule has 2 atom stereocenters. The lowest BCUT2D eigenvalue weighted by molar-refractivity contribution is -0.127. The smallest absolute Gasteiger partial charge is 0.224 e. The molecule has 0 unspecified atom stereocenters. The molecule has 1 amide bonds. The van der Waals surface area contributed by atoms with E-state index in [1.165, 1.54) is 0 Å². The van der Waals surface area contributed by atoms with Crippen LogP contribution in [0.3, 0.4) is 0 Å². The van der Waals surface area contributed by atoms with Crippen LogP contribution in [-0.4, -0.2) is 29.1 Å². The molecular weight excluding hydrogens is 314 g/mol. The Labute approximate surface area is 140 Å². The van der Waals surface area contributed by atoms with Crippen molar-refractivity contribution in [3.63, 3.8) is 0 Å². The zero-order valence-electron chi connectivity index (χ0n) is 13.5. The molecule has 1 fully saturated rings. The highest BCUT2D eigenvalue weighted by Crippen LogP contribution is 2.32. The number of aryl methyl sites for hydroxylation is 2. The van der Waals surface area contributed by atoms with E-state index in [1.807, 2.05) is 45.2 Å². The third kappa shape index (κ3) is 3.12. The van der Waals surface area contributed by atoms with Crippen LogP contribution in [0.2, 0.25) is 5.02 Å². The predicted octanol–water partition coefficient (Wildman–Crippen LogP) is 3.01. The minimum absolute atomic E-state index is 0.000221. The van der Waals surface area contributed by atoms with Crippen LogP contribution in [0.15, 0.2) is 28.8 Å². The number of likely N-dealkylation sites (tertiary alicyclic amines) is 1. The molecule has 1 aromatic heterocycles. The van der Waals surface area contributed by atoms with Gasteiger partial charge >= 0.3 is 0 Å². The van der Waals surface area contributed by atoms with Gasteiger partial charge in [-0.3, -0.25) is 4.79 Å². The predicted molar refractivity (Wildman–Crippen MR) is 88.2 cm³/mol. The first kappa shape index (κ1) is 16.0. The molecule has 1 aliphatic rings. The van der Waals surface area contributed by atoms with E-state index in [1.54, 1.807) is 4.90 Å². The molecular formula is C17H20ClN3O2. The van der Waals surface area contributed by atoms with E-state index in [4.69, 9.17) is 16.1 Å². The van der Waals surface area contributed by atoms with Crippen molar-refractivity contribution in [2.75, 3.05) is 7.05 Å². The van der Waals surface area contributed by atoms with E-state index in [9.17, 15) is 4.79 Å². The zero-order valence-corrected chi connectivity index (χ0v) is 14.2.